The zero-order valence-electron chi connectivity index (χ0n) is 12.7. The van der Waals surface area contributed by atoms with Gasteiger partial charge in [-0.3, -0.25) is 0 Å². The minimum Gasteiger partial charge on any atom is -0.380 e. The van der Waals surface area contributed by atoms with E-state index in [2.05, 4.69) is 18.2 Å². The van der Waals surface area contributed by atoms with Crippen LogP contribution in [-0.4, -0.2) is 19.3 Å². The monoisotopic (exact) mass is 305 g/mol. The van der Waals surface area contributed by atoms with Crippen molar-refractivity contribution in [2.75, 3.05) is 13.7 Å². The molecule has 0 unspecified atom stereocenters. The Kier molecular flexibility index (Phi) is 5.05. The van der Waals surface area contributed by atoms with E-state index in [1.54, 1.807) is 7.11 Å². The predicted octanol–water partition coefficient (Wildman–Crippen LogP) is 4.05. The van der Waals surface area contributed by atoms with Crippen molar-refractivity contribution in [2.45, 2.75) is 38.9 Å². The van der Waals surface area contributed by atoms with Crippen LogP contribution in [0.25, 0.3) is 5.57 Å². The molecule has 3 nitrogen and oxygen atoms in total. The molecule has 0 fully saturated rings. The van der Waals surface area contributed by atoms with Crippen LogP contribution in [0.2, 0.25) is 0 Å². The van der Waals surface area contributed by atoms with Crippen molar-refractivity contribution < 1.29 is 9.47 Å². The number of allylic oxidation sites excluding steroid dienone is 1. The molecule has 0 spiro atoms. The molecule has 4 heteroatoms. The van der Waals surface area contributed by atoms with Crippen LogP contribution in [-0.2, 0) is 22.5 Å². The van der Waals surface area contributed by atoms with Gasteiger partial charge in [0.15, 0.2) is 0 Å². The van der Waals surface area contributed by atoms with Gasteiger partial charge in [-0.2, -0.15) is 5.26 Å². The minimum absolute atomic E-state index is 0.378. The van der Waals surface area contributed by atoms with E-state index in [9.17, 15) is 0 Å². The van der Waals surface area contributed by atoms with Gasteiger partial charge in [0.2, 0.25) is 0 Å². The van der Waals surface area contributed by atoms with Gasteiger partial charge in [0, 0.05) is 24.1 Å². The third kappa shape index (κ3) is 3.85. The molecule has 0 aromatic heterocycles. The highest BCUT2D eigenvalue weighted by atomic mass is 35.5. The molecule has 0 saturated heterocycles. The van der Waals surface area contributed by atoms with Gasteiger partial charge in [-0.15, -0.1) is 0 Å². The van der Waals surface area contributed by atoms with E-state index >= 15 is 0 Å². The van der Waals surface area contributed by atoms with Crippen LogP contribution in [0, 0.1) is 11.3 Å². The van der Waals surface area contributed by atoms with E-state index in [4.69, 9.17) is 26.3 Å². The summed E-state index contributed by atoms with van der Waals surface area (Å²) in [5.74, 6) is 0. The van der Waals surface area contributed by atoms with Crippen molar-refractivity contribution in [2.24, 2.45) is 0 Å². The SMILES string of the molecule is COCC1=C(Cl)Cc2cc(COC(C)(C)CC#N)ccc21. The second-order valence-corrected chi connectivity index (χ2v) is 6.32. The maximum absolute atomic E-state index is 8.77. The van der Waals surface area contributed by atoms with Crippen LogP contribution < -0.4 is 0 Å². The number of rotatable bonds is 6. The number of halogens is 1. The molecule has 0 bridgehead atoms. The third-order valence-corrected chi connectivity index (χ3v) is 3.95. The smallest absolute Gasteiger partial charge is 0.0760 e. The molecule has 0 heterocycles. The summed E-state index contributed by atoms with van der Waals surface area (Å²) in [6.07, 6.45) is 1.13. The lowest BCUT2D eigenvalue weighted by Gasteiger charge is -2.22. The maximum atomic E-state index is 8.77. The van der Waals surface area contributed by atoms with Gasteiger partial charge in [0.25, 0.3) is 0 Å². The Labute approximate surface area is 131 Å². The molecule has 0 atom stereocenters. The second kappa shape index (κ2) is 6.62. The topological polar surface area (TPSA) is 42.2 Å². The first-order valence-corrected chi connectivity index (χ1v) is 7.34. The molecule has 0 amide bonds. The van der Waals surface area contributed by atoms with E-state index in [1.165, 1.54) is 11.1 Å². The summed E-state index contributed by atoms with van der Waals surface area (Å²) in [5.41, 5.74) is 4.13. The van der Waals surface area contributed by atoms with Gasteiger partial charge < -0.3 is 9.47 Å². The molecular weight excluding hydrogens is 286 g/mol. The molecular formula is C17H20ClNO2. The van der Waals surface area contributed by atoms with Crippen molar-refractivity contribution >= 4 is 17.2 Å². The number of benzene rings is 1. The minimum atomic E-state index is -0.426. The summed E-state index contributed by atoms with van der Waals surface area (Å²) < 4.78 is 11.0. The van der Waals surface area contributed by atoms with Gasteiger partial charge in [0.1, 0.15) is 0 Å². The van der Waals surface area contributed by atoms with Crippen LogP contribution >= 0.6 is 11.6 Å². The zero-order chi connectivity index (χ0) is 15.5. The van der Waals surface area contributed by atoms with Crippen molar-refractivity contribution in [1.82, 2.24) is 0 Å². The summed E-state index contributed by atoms with van der Waals surface area (Å²) in [5, 5.41) is 9.63. The Morgan fingerprint density at radius 1 is 1.33 bits per heavy atom. The standard InChI is InChI=1S/C17H20ClNO2/c1-17(2,6-7-19)21-10-12-4-5-14-13(8-12)9-16(18)15(14)11-20-3/h4-5,8H,6,9-11H2,1-3H3. The van der Waals surface area contributed by atoms with Gasteiger partial charge in [0.05, 0.1) is 31.3 Å². The molecule has 112 valence electrons. The Bertz CT molecular complexity index is 599. The molecule has 1 aliphatic carbocycles. The lowest BCUT2D eigenvalue weighted by Crippen LogP contribution is -2.23. The largest absolute Gasteiger partial charge is 0.380 e. The van der Waals surface area contributed by atoms with Crippen molar-refractivity contribution in [1.29, 1.82) is 5.26 Å². The first-order valence-electron chi connectivity index (χ1n) is 6.96. The van der Waals surface area contributed by atoms with Crippen LogP contribution in [0.15, 0.2) is 23.2 Å². The highest BCUT2D eigenvalue weighted by molar-refractivity contribution is 6.33. The number of methoxy groups -OCH3 is 1. The van der Waals surface area contributed by atoms with E-state index in [0.29, 0.717) is 19.6 Å². The fraction of sp³-hybridized carbons (Fsp3) is 0.471. The molecule has 1 aromatic carbocycles. The van der Waals surface area contributed by atoms with Crippen molar-refractivity contribution in [3.05, 3.63) is 39.9 Å². The highest BCUT2D eigenvalue weighted by Crippen LogP contribution is 2.35. The average molecular weight is 306 g/mol. The summed E-state index contributed by atoms with van der Waals surface area (Å²) in [7, 11) is 1.68. The predicted molar refractivity (Wildman–Crippen MR) is 83.9 cm³/mol. The maximum Gasteiger partial charge on any atom is 0.0760 e. The molecule has 21 heavy (non-hydrogen) atoms. The molecule has 1 aliphatic rings. The highest BCUT2D eigenvalue weighted by Gasteiger charge is 2.22. The van der Waals surface area contributed by atoms with Crippen LogP contribution in [0.3, 0.4) is 0 Å². The molecule has 0 aliphatic heterocycles. The summed E-state index contributed by atoms with van der Waals surface area (Å²) in [6, 6.07) is 8.40. The van der Waals surface area contributed by atoms with Crippen molar-refractivity contribution in [3.63, 3.8) is 0 Å². The van der Waals surface area contributed by atoms with E-state index < -0.39 is 5.60 Å². The Morgan fingerprint density at radius 2 is 2.10 bits per heavy atom. The third-order valence-electron chi connectivity index (χ3n) is 3.59. The first-order chi connectivity index (χ1) is 9.96. The summed E-state index contributed by atoms with van der Waals surface area (Å²) in [4.78, 5) is 0. The molecule has 1 aromatic rings. The van der Waals surface area contributed by atoms with Gasteiger partial charge in [-0.05, 0) is 30.5 Å². The van der Waals surface area contributed by atoms with Crippen LogP contribution in [0.5, 0.6) is 0 Å². The van der Waals surface area contributed by atoms with Crippen LogP contribution in [0.4, 0.5) is 0 Å². The van der Waals surface area contributed by atoms with Gasteiger partial charge in [-0.1, -0.05) is 29.8 Å². The molecule has 0 radical (unpaired) electrons. The first kappa shape index (κ1) is 16.0. The van der Waals surface area contributed by atoms with Gasteiger partial charge >= 0.3 is 0 Å². The Morgan fingerprint density at radius 3 is 2.76 bits per heavy atom. The Hall–Kier alpha value is -1.34. The van der Waals surface area contributed by atoms with E-state index in [0.717, 1.165) is 22.6 Å². The fourth-order valence-electron chi connectivity index (χ4n) is 2.42. The van der Waals surface area contributed by atoms with Crippen molar-refractivity contribution in [3.8, 4) is 6.07 Å². The van der Waals surface area contributed by atoms with Gasteiger partial charge in [-0.25, -0.2) is 0 Å². The fourth-order valence-corrected chi connectivity index (χ4v) is 2.72. The molecule has 0 N–H and O–H groups in total. The quantitative estimate of drug-likeness (QED) is 0.796. The summed E-state index contributed by atoms with van der Waals surface area (Å²) in [6.45, 7) is 4.90. The van der Waals surface area contributed by atoms with E-state index in [1.807, 2.05) is 19.9 Å². The summed E-state index contributed by atoms with van der Waals surface area (Å²) >= 11 is 6.30. The normalized spacial score (nSPS) is 14.2. The lowest BCUT2D eigenvalue weighted by molar-refractivity contribution is -0.0256. The number of nitriles is 1. The number of ether oxygens (including phenoxy) is 2. The number of nitrogens with zero attached hydrogens (tertiary/aromatic N) is 1. The van der Waals surface area contributed by atoms with E-state index in [-0.39, 0.29) is 0 Å². The Balaban J connectivity index is 2.08. The number of hydrogen-bond acceptors (Lipinski definition) is 3. The number of hydrogen-bond donors (Lipinski definition) is 0. The molecule has 2 rings (SSSR count). The van der Waals surface area contributed by atoms with Crippen LogP contribution in [0.1, 0.15) is 37.0 Å². The zero-order valence-corrected chi connectivity index (χ0v) is 13.5. The average Bonchev–Trinajstić information content (AvgIpc) is 2.73. The lowest BCUT2D eigenvalue weighted by atomic mass is 10.0. The second-order valence-electron chi connectivity index (χ2n) is 5.87. The molecule has 0 saturated carbocycles. The number of fused-ring (bicyclic) bond motifs is 1.